The van der Waals surface area contributed by atoms with Crippen molar-refractivity contribution in [2.24, 2.45) is 17.3 Å². The smallest absolute Gasteiger partial charge is 0.409 e. The average Bonchev–Trinajstić information content (AvgIpc) is 3.60. The van der Waals surface area contributed by atoms with Crippen molar-refractivity contribution in [1.82, 2.24) is 29.4 Å². The molecule has 0 radical (unpaired) electrons. The van der Waals surface area contributed by atoms with Gasteiger partial charge in [0.2, 0.25) is 11.8 Å². The SMILES string of the molecule is CCOC(=O)N1CCN(C(=O)C(C)n2cc(NC(=O)CC34CC5CC(C3)CC(n3cc([N+](=O)[O-])cn3)(C5)C4)c(C)n2)CC1. The summed E-state index contributed by atoms with van der Waals surface area (Å²) in [6.45, 7) is 7.34. The van der Waals surface area contributed by atoms with Crippen LogP contribution in [0.15, 0.2) is 18.6 Å². The van der Waals surface area contributed by atoms with Crippen LogP contribution in [0.3, 0.4) is 0 Å². The summed E-state index contributed by atoms with van der Waals surface area (Å²) in [5, 5.41) is 23.3. The lowest BCUT2D eigenvalue weighted by molar-refractivity contribution is -0.385. The van der Waals surface area contributed by atoms with Crippen molar-refractivity contribution >= 4 is 29.3 Å². The lowest BCUT2D eigenvalue weighted by Gasteiger charge is -2.61. The second-order valence-corrected chi connectivity index (χ2v) is 13.1. The van der Waals surface area contributed by atoms with Gasteiger partial charge in [-0.25, -0.2) is 4.79 Å². The first-order valence-corrected chi connectivity index (χ1v) is 15.3. The zero-order chi connectivity index (χ0) is 30.5. The minimum atomic E-state index is -0.570. The second-order valence-electron chi connectivity index (χ2n) is 13.1. The number of anilines is 1. The highest BCUT2D eigenvalue weighted by Gasteiger charge is 2.59. The van der Waals surface area contributed by atoms with Crippen molar-refractivity contribution in [3.8, 4) is 0 Å². The van der Waals surface area contributed by atoms with Gasteiger partial charge in [-0.1, -0.05) is 0 Å². The molecule has 0 aromatic carbocycles. The molecule has 2 aromatic heterocycles. The van der Waals surface area contributed by atoms with Gasteiger partial charge >= 0.3 is 11.8 Å². The number of carbonyl (C=O) groups excluding carboxylic acids is 3. The highest BCUT2D eigenvalue weighted by atomic mass is 16.6. The van der Waals surface area contributed by atoms with Crippen LogP contribution >= 0.6 is 0 Å². The van der Waals surface area contributed by atoms with Crippen LogP contribution in [0.25, 0.3) is 0 Å². The van der Waals surface area contributed by atoms with Crippen LogP contribution in [0.5, 0.6) is 0 Å². The van der Waals surface area contributed by atoms with Gasteiger partial charge in [0.1, 0.15) is 18.4 Å². The topological polar surface area (TPSA) is 158 Å². The highest BCUT2D eigenvalue weighted by molar-refractivity contribution is 5.91. The third-order valence-electron chi connectivity index (χ3n) is 10.0. The van der Waals surface area contributed by atoms with Crippen LogP contribution < -0.4 is 5.32 Å². The normalized spacial score (nSPS) is 28.5. The maximum atomic E-state index is 13.5. The van der Waals surface area contributed by atoms with Crippen LogP contribution in [-0.2, 0) is 19.9 Å². The van der Waals surface area contributed by atoms with Crippen molar-refractivity contribution < 1.29 is 24.0 Å². The fraction of sp³-hybridized carbons (Fsp3) is 0.690. The van der Waals surface area contributed by atoms with Gasteiger partial charge in [-0.15, -0.1) is 0 Å². The molecule has 43 heavy (non-hydrogen) atoms. The third-order valence-corrected chi connectivity index (χ3v) is 10.0. The van der Waals surface area contributed by atoms with E-state index < -0.39 is 11.0 Å². The van der Waals surface area contributed by atoms with Gasteiger partial charge in [0, 0.05) is 38.8 Å². The van der Waals surface area contributed by atoms with Crippen molar-refractivity contribution in [2.45, 2.75) is 77.3 Å². The average molecular weight is 597 g/mol. The van der Waals surface area contributed by atoms with Crippen LogP contribution in [0, 0.1) is 34.3 Å². The number of aryl methyl sites for hydroxylation is 1. The van der Waals surface area contributed by atoms with E-state index >= 15 is 0 Å². The Morgan fingerprint density at radius 2 is 1.79 bits per heavy atom. The molecule has 7 rings (SSSR count). The first kappa shape index (κ1) is 29.1. The quantitative estimate of drug-likeness (QED) is 0.358. The number of nitro groups is 1. The van der Waals surface area contributed by atoms with Crippen LogP contribution in [0.4, 0.5) is 16.2 Å². The molecule has 4 bridgehead atoms. The summed E-state index contributed by atoms with van der Waals surface area (Å²) in [6.07, 6.45) is 10.4. The van der Waals surface area contributed by atoms with E-state index in [9.17, 15) is 24.5 Å². The molecule has 4 saturated carbocycles. The molecular formula is C29H40N8O6. The maximum Gasteiger partial charge on any atom is 0.409 e. The summed E-state index contributed by atoms with van der Waals surface area (Å²) in [6, 6.07) is -0.570. The minimum absolute atomic E-state index is 0.00155. The molecule has 4 aliphatic carbocycles. The van der Waals surface area contributed by atoms with E-state index in [1.165, 1.54) is 6.20 Å². The lowest BCUT2D eigenvalue weighted by atomic mass is 9.46. The molecule has 0 spiro atoms. The molecule has 3 atom stereocenters. The monoisotopic (exact) mass is 596 g/mol. The Morgan fingerprint density at radius 3 is 2.42 bits per heavy atom. The number of piperazine rings is 1. The summed E-state index contributed by atoms with van der Waals surface area (Å²) in [4.78, 5) is 53.0. The molecule has 3 heterocycles. The van der Waals surface area contributed by atoms with Crippen molar-refractivity contribution in [3.05, 3.63) is 34.4 Å². The van der Waals surface area contributed by atoms with E-state index in [0.717, 1.165) is 38.5 Å². The number of hydrogen-bond donors (Lipinski definition) is 1. The van der Waals surface area contributed by atoms with Crippen LogP contribution in [-0.4, -0.2) is 85.0 Å². The summed E-state index contributed by atoms with van der Waals surface area (Å²) in [5.41, 5.74) is 0.761. The van der Waals surface area contributed by atoms with E-state index in [1.807, 2.05) is 11.6 Å². The first-order valence-electron chi connectivity index (χ1n) is 15.3. The van der Waals surface area contributed by atoms with Crippen LogP contribution in [0.1, 0.15) is 70.5 Å². The van der Waals surface area contributed by atoms with Gasteiger partial charge in [-0.2, -0.15) is 10.2 Å². The Hall–Kier alpha value is -3.97. The van der Waals surface area contributed by atoms with Gasteiger partial charge in [-0.05, 0) is 76.5 Å². The van der Waals surface area contributed by atoms with Gasteiger partial charge in [0.05, 0.1) is 28.5 Å². The van der Waals surface area contributed by atoms with Gasteiger partial charge in [0.25, 0.3) is 0 Å². The van der Waals surface area contributed by atoms with E-state index in [-0.39, 0.29) is 34.5 Å². The van der Waals surface area contributed by atoms with E-state index in [4.69, 9.17) is 4.74 Å². The largest absolute Gasteiger partial charge is 0.450 e. The van der Waals surface area contributed by atoms with Crippen molar-refractivity contribution in [2.75, 3.05) is 38.1 Å². The number of carbonyl (C=O) groups is 3. The van der Waals surface area contributed by atoms with Gasteiger partial charge in [0.15, 0.2) is 0 Å². The Labute approximate surface area is 249 Å². The molecule has 1 N–H and O–H groups in total. The fourth-order valence-electron chi connectivity index (χ4n) is 8.58. The summed E-state index contributed by atoms with van der Waals surface area (Å²) >= 11 is 0. The molecule has 3 unspecified atom stereocenters. The van der Waals surface area contributed by atoms with E-state index in [2.05, 4.69) is 15.5 Å². The minimum Gasteiger partial charge on any atom is -0.450 e. The summed E-state index contributed by atoms with van der Waals surface area (Å²) in [7, 11) is 0. The maximum absolute atomic E-state index is 13.5. The summed E-state index contributed by atoms with van der Waals surface area (Å²) < 4.78 is 8.47. The van der Waals surface area contributed by atoms with Gasteiger partial charge in [-0.3, -0.25) is 29.1 Å². The number of rotatable bonds is 8. The predicted octanol–water partition coefficient (Wildman–Crippen LogP) is 3.48. The molecule has 232 valence electrons. The molecule has 5 fully saturated rings. The molecule has 3 amide bonds. The molecule has 5 aliphatic rings. The number of hydrogen-bond acceptors (Lipinski definition) is 8. The third kappa shape index (κ3) is 5.47. The molecule has 14 nitrogen and oxygen atoms in total. The molecule has 14 heteroatoms. The van der Waals surface area contributed by atoms with Gasteiger partial charge < -0.3 is 19.9 Å². The zero-order valence-corrected chi connectivity index (χ0v) is 25.0. The Kier molecular flexibility index (Phi) is 7.41. The van der Waals surface area contributed by atoms with Crippen LogP contribution in [0.2, 0.25) is 0 Å². The summed E-state index contributed by atoms with van der Waals surface area (Å²) in [5.74, 6) is 0.780. The lowest BCUT2D eigenvalue weighted by Crippen LogP contribution is -2.57. The molecule has 1 saturated heterocycles. The van der Waals surface area contributed by atoms with E-state index in [0.29, 0.717) is 62.4 Å². The van der Waals surface area contributed by atoms with E-state index in [1.54, 1.807) is 40.7 Å². The number of nitrogens with one attached hydrogen (secondary N) is 1. The second kappa shape index (κ2) is 10.9. The first-order chi connectivity index (χ1) is 20.5. The molecular weight excluding hydrogens is 556 g/mol. The Balaban J connectivity index is 1.09. The predicted molar refractivity (Wildman–Crippen MR) is 154 cm³/mol. The highest BCUT2D eigenvalue weighted by Crippen LogP contribution is 2.65. The Bertz CT molecular complexity index is 1410. The number of amides is 3. The Morgan fingerprint density at radius 1 is 1.12 bits per heavy atom. The number of nitrogens with zero attached hydrogens (tertiary/aromatic N) is 7. The molecule has 1 aliphatic heterocycles. The van der Waals surface area contributed by atoms with Crippen molar-refractivity contribution in [1.29, 1.82) is 0 Å². The zero-order valence-electron chi connectivity index (χ0n) is 25.0. The fourth-order valence-corrected chi connectivity index (χ4v) is 8.58. The van der Waals surface area contributed by atoms with Crippen molar-refractivity contribution in [3.63, 3.8) is 0 Å². The molecule has 2 aromatic rings. The standard InChI is InChI=1S/C29H40N8O6/c1-4-43-27(40)34-7-5-33(6-8-34)26(39)20(3)35-17-24(19(2)32-35)31-25(38)14-28-10-21-9-22(11-28)13-29(12-21,18-28)36-16-23(15-30-36)37(41)42/h15-17,20-22H,4-14,18H2,1-3H3,(H,31,38). The number of aromatic nitrogens is 4. The number of ether oxygens (including phenoxy) is 1.